The first-order chi connectivity index (χ1) is 8.47. The Bertz CT molecular complexity index is 661. The van der Waals surface area contributed by atoms with Crippen LogP contribution in [0.5, 0.6) is 5.75 Å². The van der Waals surface area contributed by atoms with Gasteiger partial charge in [0, 0.05) is 10.9 Å². The van der Waals surface area contributed by atoms with E-state index in [1.807, 2.05) is 0 Å². The normalized spacial score (nSPS) is 10.6. The van der Waals surface area contributed by atoms with E-state index in [-0.39, 0.29) is 16.6 Å². The quantitative estimate of drug-likeness (QED) is 0.807. The van der Waals surface area contributed by atoms with Gasteiger partial charge in [0.25, 0.3) is 0 Å². The second-order valence-electron chi connectivity index (χ2n) is 3.49. The Labute approximate surface area is 109 Å². The van der Waals surface area contributed by atoms with E-state index in [0.29, 0.717) is 15.7 Å². The number of rotatable bonds is 3. The van der Waals surface area contributed by atoms with Gasteiger partial charge in [0.15, 0.2) is 0 Å². The Morgan fingerprint density at radius 3 is 2.44 bits per heavy atom. The van der Waals surface area contributed by atoms with Crippen LogP contribution in [0.4, 0.5) is 0 Å². The zero-order valence-corrected chi connectivity index (χ0v) is 10.7. The molecule has 1 heterocycles. The smallest absolute Gasteiger partial charge is 0.353 e. The number of halogens is 1. The van der Waals surface area contributed by atoms with Crippen LogP contribution in [0.1, 0.15) is 20.8 Å². The Morgan fingerprint density at radius 1 is 1.28 bits per heavy atom. The Morgan fingerprint density at radius 2 is 1.94 bits per heavy atom. The van der Waals surface area contributed by atoms with Crippen LogP contribution in [0.15, 0.2) is 16.6 Å². The van der Waals surface area contributed by atoms with Gasteiger partial charge >= 0.3 is 11.9 Å². The van der Waals surface area contributed by atoms with Gasteiger partial charge in [0.2, 0.25) is 0 Å². The van der Waals surface area contributed by atoms with Crippen LogP contribution in [0.2, 0.25) is 0 Å². The lowest BCUT2D eigenvalue weighted by Crippen LogP contribution is -2.06. The number of carboxylic acids is 2. The number of hydrogen-bond acceptors (Lipinski definition) is 3. The Kier molecular flexibility index (Phi) is 3.00. The fourth-order valence-corrected chi connectivity index (χ4v) is 2.47. The molecule has 1 aromatic carbocycles. The van der Waals surface area contributed by atoms with Gasteiger partial charge < -0.3 is 19.9 Å². The van der Waals surface area contributed by atoms with Crippen LogP contribution in [0.3, 0.4) is 0 Å². The molecule has 0 fully saturated rings. The zero-order valence-electron chi connectivity index (χ0n) is 9.15. The molecule has 2 aromatic rings. The van der Waals surface area contributed by atoms with Crippen molar-refractivity contribution in [2.75, 3.05) is 7.11 Å². The molecule has 18 heavy (non-hydrogen) atoms. The van der Waals surface area contributed by atoms with Gasteiger partial charge in [-0.15, -0.1) is 0 Å². The van der Waals surface area contributed by atoms with Gasteiger partial charge in [-0.25, -0.2) is 9.59 Å². The fourth-order valence-electron chi connectivity index (χ4n) is 1.76. The molecule has 0 aliphatic heterocycles. The highest BCUT2D eigenvalue weighted by atomic mass is 79.9. The lowest BCUT2D eigenvalue weighted by Gasteiger charge is -2.04. The van der Waals surface area contributed by atoms with Gasteiger partial charge in [0.05, 0.1) is 11.6 Å². The molecule has 0 bridgehead atoms. The molecule has 0 aliphatic carbocycles. The topological polar surface area (TPSA) is 99.6 Å². The van der Waals surface area contributed by atoms with E-state index in [9.17, 15) is 9.59 Å². The highest BCUT2D eigenvalue weighted by molar-refractivity contribution is 9.10. The summed E-state index contributed by atoms with van der Waals surface area (Å²) in [7, 11) is 1.44. The first-order valence-electron chi connectivity index (χ1n) is 4.82. The molecule has 0 radical (unpaired) electrons. The summed E-state index contributed by atoms with van der Waals surface area (Å²) >= 11 is 3.22. The number of benzene rings is 1. The van der Waals surface area contributed by atoms with Crippen LogP contribution in [-0.2, 0) is 0 Å². The van der Waals surface area contributed by atoms with Crippen LogP contribution < -0.4 is 4.74 Å². The summed E-state index contributed by atoms with van der Waals surface area (Å²) in [4.78, 5) is 24.8. The van der Waals surface area contributed by atoms with E-state index in [4.69, 9.17) is 14.9 Å². The third kappa shape index (κ3) is 1.72. The van der Waals surface area contributed by atoms with Crippen molar-refractivity contribution in [2.45, 2.75) is 0 Å². The highest BCUT2D eigenvalue weighted by Gasteiger charge is 2.25. The van der Waals surface area contributed by atoms with Crippen molar-refractivity contribution in [1.82, 2.24) is 4.98 Å². The molecule has 7 heteroatoms. The van der Waals surface area contributed by atoms with E-state index >= 15 is 0 Å². The van der Waals surface area contributed by atoms with E-state index in [0.717, 1.165) is 0 Å². The lowest BCUT2D eigenvalue weighted by molar-refractivity contribution is 0.0649. The van der Waals surface area contributed by atoms with Gasteiger partial charge in [-0.2, -0.15) is 0 Å². The molecule has 0 saturated heterocycles. The first-order valence-corrected chi connectivity index (χ1v) is 5.61. The second kappa shape index (κ2) is 4.34. The van der Waals surface area contributed by atoms with E-state index < -0.39 is 11.9 Å². The summed E-state index contributed by atoms with van der Waals surface area (Å²) < 4.78 is 5.46. The monoisotopic (exact) mass is 313 g/mol. The number of ether oxygens (including phenoxy) is 1. The number of carbonyl (C=O) groups is 2. The summed E-state index contributed by atoms with van der Waals surface area (Å²) in [5, 5.41) is 18.4. The molecule has 0 aliphatic rings. The number of hydrogen-bond donors (Lipinski definition) is 3. The Balaban J connectivity index is 2.93. The van der Waals surface area contributed by atoms with Crippen molar-refractivity contribution in [3.63, 3.8) is 0 Å². The molecular weight excluding hydrogens is 306 g/mol. The maximum absolute atomic E-state index is 11.2. The van der Waals surface area contributed by atoms with Crippen LogP contribution >= 0.6 is 15.9 Å². The van der Waals surface area contributed by atoms with E-state index in [1.165, 1.54) is 7.11 Å². The van der Waals surface area contributed by atoms with E-state index in [1.54, 1.807) is 12.1 Å². The SMILES string of the molecule is COc1ccc2[nH]c(C(=O)O)c(C(=O)O)c2c1Br. The lowest BCUT2D eigenvalue weighted by atomic mass is 10.1. The fraction of sp³-hybridized carbons (Fsp3) is 0.0909. The van der Waals surface area contributed by atoms with Crippen molar-refractivity contribution >= 4 is 38.8 Å². The summed E-state index contributed by atoms with van der Waals surface area (Å²) in [6.07, 6.45) is 0. The maximum atomic E-state index is 11.2. The minimum absolute atomic E-state index is 0.277. The minimum Gasteiger partial charge on any atom is -0.496 e. The number of aromatic carboxylic acids is 2. The van der Waals surface area contributed by atoms with Crippen molar-refractivity contribution in [2.24, 2.45) is 0 Å². The second-order valence-corrected chi connectivity index (χ2v) is 4.28. The predicted octanol–water partition coefficient (Wildman–Crippen LogP) is 2.34. The minimum atomic E-state index is -1.32. The van der Waals surface area contributed by atoms with Crippen LogP contribution in [-0.4, -0.2) is 34.2 Å². The number of fused-ring (bicyclic) bond motifs is 1. The molecular formula is C11H8BrNO5. The molecule has 0 atom stereocenters. The molecule has 0 unspecified atom stereocenters. The van der Waals surface area contributed by atoms with E-state index in [2.05, 4.69) is 20.9 Å². The summed E-state index contributed by atoms with van der Waals surface area (Å²) in [6.45, 7) is 0. The molecule has 2 rings (SSSR count). The van der Waals surface area contributed by atoms with Gasteiger partial charge in [-0.3, -0.25) is 0 Å². The molecule has 0 saturated carbocycles. The predicted molar refractivity (Wildman–Crippen MR) is 66.5 cm³/mol. The third-order valence-corrected chi connectivity index (χ3v) is 3.30. The van der Waals surface area contributed by atoms with Crippen LogP contribution in [0.25, 0.3) is 10.9 Å². The summed E-state index contributed by atoms with van der Waals surface area (Å²) in [5.41, 5.74) is -0.229. The molecule has 1 aromatic heterocycles. The number of methoxy groups -OCH3 is 1. The van der Waals surface area contributed by atoms with Crippen LogP contribution in [0, 0.1) is 0 Å². The molecule has 0 amide bonds. The maximum Gasteiger partial charge on any atom is 0.353 e. The van der Waals surface area contributed by atoms with Crippen molar-refractivity contribution in [3.8, 4) is 5.75 Å². The Hall–Kier alpha value is -2.02. The standard InChI is InChI=1S/C11H8BrNO5/c1-18-5-3-2-4-6(8(5)12)7(10(14)15)9(13-4)11(16)17/h2-3,13H,1H3,(H,14,15)(H,16,17). The molecule has 94 valence electrons. The summed E-state index contributed by atoms with van der Waals surface area (Å²) in [6, 6.07) is 3.18. The third-order valence-electron chi connectivity index (χ3n) is 2.51. The summed E-state index contributed by atoms with van der Waals surface area (Å²) in [5.74, 6) is -2.21. The number of aromatic nitrogens is 1. The number of aromatic amines is 1. The van der Waals surface area contributed by atoms with Crippen molar-refractivity contribution in [1.29, 1.82) is 0 Å². The average Bonchev–Trinajstić information content (AvgIpc) is 2.70. The molecule has 0 spiro atoms. The zero-order chi connectivity index (χ0) is 13.4. The molecule has 3 N–H and O–H groups in total. The number of nitrogens with one attached hydrogen (secondary N) is 1. The average molecular weight is 314 g/mol. The highest BCUT2D eigenvalue weighted by Crippen LogP contribution is 2.36. The van der Waals surface area contributed by atoms with Crippen molar-refractivity contribution < 1.29 is 24.5 Å². The van der Waals surface area contributed by atoms with Gasteiger partial charge in [-0.1, -0.05) is 0 Å². The number of carboxylic acid groups (broad SMARTS) is 2. The largest absolute Gasteiger partial charge is 0.496 e. The van der Waals surface area contributed by atoms with Crippen molar-refractivity contribution in [3.05, 3.63) is 27.9 Å². The van der Waals surface area contributed by atoms with Gasteiger partial charge in [0.1, 0.15) is 17.0 Å². The van der Waals surface area contributed by atoms with Gasteiger partial charge in [-0.05, 0) is 28.1 Å². The first kappa shape index (κ1) is 12.4. The molecule has 6 nitrogen and oxygen atoms in total. The number of H-pyrrole nitrogens is 1.